The summed E-state index contributed by atoms with van der Waals surface area (Å²) in [6.07, 6.45) is 1.19. The van der Waals surface area contributed by atoms with Crippen molar-refractivity contribution in [3.8, 4) is 0 Å². The molecule has 0 fully saturated rings. The van der Waals surface area contributed by atoms with E-state index in [2.05, 4.69) is 33.0 Å². The van der Waals surface area contributed by atoms with Crippen LogP contribution in [0, 0.1) is 11.3 Å². The van der Waals surface area contributed by atoms with Gasteiger partial charge in [-0.25, -0.2) is 0 Å². The summed E-state index contributed by atoms with van der Waals surface area (Å²) in [5, 5.41) is 4.08. The first-order chi connectivity index (χ1) is 7.80. The van der Waals surface area contributed by atoms with Crippen LogP contribution in [0.25, 0.3) is 0 Å². The Morgan fingerprint density at radius 1 is 1.35 bits per heavy atom. The van der Waals surface area contributed by atoms with Gasteiger partial charge in [0.1, 0.15) is 0 Å². The summed E-state index contributed by atoms with van der Waals surface area (Å²) in [4.78, 5) is 0. The lowest BCUT2D eigenvalue weighted by Crippen LogP contribution is -2.25. The summed E-state index contributed by atoms with van der Waals surface area (Å²) in [5.41, 5.74) is 7.84. The van der Waals surface area contributed by atoms with Crippen LogP contribution >= 0.6 is 11.6 Å². The molecule has 0 aliphatic heterocycles. The monoisotopic (exact) mass is 254 g/mol. The van der Waals surface area contributed by atoms with Crippen molar-refractivity contribution >= 4 is 23.0 Å². The highest BCUT2D eigenvalue weighted by molar-refractivity contribution is 6.31. The zero-order valence-electron chi connectivity index (χ0n) is 11.2. The van der Waals surface area contributed by atoms with E-state index in [1.807, 2.05) is 12.1 Å². The van der Waals surface area contributed by atoms with Crippen LogP contribution in [0.3, 0.4) is 0 Å². The summed E-state index contributed by atoms with van der Waals surface area (Å²) in [5.74, 6) is 0.703. The molecule has 0 radical (unpaired) electrons. The predicted molar refractivity (Wildman–Crippen MR) is 77.6 cm³/mol. The van der Waals surface area contributed by atoms with Crippen molar-refractivity contribution in [3.05, 3.63) is 23.2 Å². The zero-order valence-corrected chi connectivity index (χ0v) is 11.9. The molecule has 0 aliphatic rings. The first-order valence-corrected chi connectivity index (χ1v) is 6.47. The van der Waals surface area contributed by atoms with Gasteiger partial charge < -0.3 is 11.1 Å². The number of benzene rings is 1. The van der Waals surface area contributed by atoms with Crippen molar-refractivity contribution in [2.75, 3.05) is 17.6 Å². The number of nitrogens with one attached hydrogen (secondary N) is 1. The molecule has 2 nitrogen and oxygen atoms in total. The van der Waals surface area contributed by atoms with Gasteiger partial charge in [-0.2, -0.15) is 0 Å². The Balaban J connectivity index is 2.61. The quantitative estimate of drug-likeness (QED) is 0.764. The van der Waals surface area contributed by atoms with E-state index in [-0.39, 0.29) is 5.41 Å². The van der Waals surface area contributed by atoms with Crippen LogP contribution in [0.2, 0.25) is 5.02 Å². The number of anilines is 2. The summed E-state index contributed by atoms with van der Waals surface area (Å²) in [6, 6.07) is 5.57. The van der Waals surface area contributed by atoms with E-state index in [9.17, 15) is 0 Å². The van der Waals surface area contributed by atoms with Crippen LogP contribution in [0.5, 0.6) is 0 Å². The second-order valence-corrected chi connectivity index (χ2v) is 6.28. The molecule has 3 N–H and O–H groups in total. The molecule has 0 aliphatic carbocycles. The highest BCUT2D eigenvalue weighted by Gasteiger charge is 2.19. The molecule has 1 aromatic rings. The Hall–Kier alpha value is -0.890. The maximum absolute atomic E-state index is 5.91. The molecule has 0 bridgehead atoms. The molecule has 1 aromatic carbocycles. The van der Waals surface area contributed by atoms with Crippen molar-refractivity contribution in [3.63, 3.8) is 0 Å². The van der Waals surface area contributed by atoms with Gasteiger partial charge in [0.2, 0.25) is 0 Å². The van der Waals surface area contributed by atoms with Crippen LogP contribution in [-0.2, 0) is 0 Å². The van der Waals surface area contributed by atoms with Crippen molar-refractivity contribution in [1.82, 2.24) is 0 Å². The molecule has 0 amide bonds. The molecular weight excluding hydrogens is 232 g/mol. The Morgan fingerprint density at radius 3 is 2.53 bits per heavy atom. The molecule has 1 rings (SSSR count). The smallest absolute Gasteiger partial charge is 0.0575 e. The average molecular weight is 255 g/mol. The van der Waals surface area contributed by atoms with Gasteiger partial charge in [0, 0.05) is 11.6 Å². The SMILES string of the molecule is CC(C)CC(C)(C)CNc1ccc(Cl)cc1N. The van der Waals surface area contributed by atoms with Gasteiger partial charge in [-0.05, 0) is 36.0 Å². The van der Waals surface area contributed by atoms with Crippen molar-refractivity contribution in [2.45, 2.75) is 34.1 Å². The average Bonchev–Trinajstić information content (AvgIpc) is 2.14. The Labute approximate surface area is 110 Å². The van der Waals surface area contributed by atoms with Crippen molar-refractivity contribution in [2.24, 2.45) is 11.3 Å². The minimum atomic E-state index is 0.264. The lowest BCUT2D eigenvalue weighted by atomic mass is 9.84. The Bertz CT molecular complexity index is 372. The van der Waals surface area contributed by atoms with E-state index in [4.69, 9.17) is 17.3 Å². The summed E-state index contributed by atoms with van der Waals surface area (Å²) in [6.45, 7) is 9.95. The number of nitrogen functional groups attached to an aromatic ring is 1. The summed E-state index contributed by atoms with van der Waals surface area (Å²) < 4.78 is 0. The lowest BCUT2D eigenvalue weighted by molar-refractivity contribution is 0.306. The van der Waals surface area contributed by atoms with Gasteiger partial charge in [-0.15, -0.1) is 0 Å². The summed E-state index contributed by atoms with van der Waals surface area (Å²) >= 11 is 5.87. The molecule has 0 unspecified atom stereocenters. The second-order valence-electron chi connectivity index (χ2n) is 5.85. The number of nitrogens with two attached hydrogens (primary N) is 1. The summed E-state index contributed by atoms with van der Waals surface area (Å²) in [7, 11) is 0. The largest absolute Gasteiger partial charge is 0.397 e. The fourth-order valence-corrected chi connectivity index (χ4v) is 2.39. The molecule has 0 aromatic heterocycles. The van der Waals surface area contributed by atoms with Gasteiger partial charge in [-0.1, -0.05) is 39.3 Å². The highest BCUT2D eigenvalue weighted by atomic mass is 35.5. The predicted octanol–water partition coefficient (Wildman–Crippen LogP) is 4.41. The molecule has 0 saturated carbocycles. The lowest BCUT2D eigenvalue weighted by Gasteiger charge is -2.27. The fourth-order valence-electron chi connectivity index (χ4n) is 2.21. The third kappa shape index (κ3) is 4.86. The molecule has 96 valence electrons. The highest BCUT2D eigenvalue weighted by Crippen LogP contribution is 2.28. The van der Waals surface area contributed by atoms with Gasteiger partial charge in [0.15, 0.2) is 0 Å². The van der Waals surface area contributed by atoms with Gasteiger partial charge in [-0.3, -0.25) is 0 Å². The molecule has 0 spiro atoms. The third-order valence-electron chi connectivity index (χ3n) is 2.73. The minimum Gasteiger partial charge on any atom is -0.397 e. The van der Waals surface area contributed by atoms with Crippen LogP contribution in [0.15, 0.2) is 18.2 Å². The van der Waals surface area contributed by atoms with Crippen LogP contribution in [0.1, 0.15) is 34.1 Å². The third-order valence-corrected chi connectivity index (χ3v) is 2.97. The maximum Gasteiger partial charge on any atom is 0.0575 e. The molecule has 0 atom stereocenters. The second kappa shape index (κ2) is 5.63. The Kier molecular flexibility index (Phi) is 4.70. The van der Waals surface area contributed by atoms with Crippen molar-refractivity contribution in [1.29, 1.82) is 0 Å². The van der Waals surface area contributed by atoms with E-state index in [0.717, 1.165) is 12.2 Å². The van der Waals surface area contributed by atoms with E-state index >= 15 is 0 Å². The number of hydrogen-bond donors (Lipinski definition) is 2. The molecule has 17 heavy (non-hydrogen) atoms. The van der Waals surface area contributed by atoms with E-state index in [1.54, 1.807) is 6.07 Å². The maximum atomic E-state index is 5.91. The van der Waals surface area contributed by atoms with Crippen LogP contribution < -0.4 is 11.1 Å². The van der Waals surface area contributed by atoms with Crippen LogP contribution in [0.4, 0.5) is 11.4 Å². The first-order valence-electron chi connectivity index (χ1n) is 6.09. The van der Waals surface area contributed by atoms with E-state index in [1.165, 1.54) is 6.42 Å². The zero-order chi connectivity index (χ0) is 13.1. The molecular formula is C14H23ClN2. The Morgan fingerprint density at radius 2 is 2.00 bits per heavy atom. The van der Waals surface area contributed by atoms with E-state index < -0.39 is 0 Å². The molecule has 0 saturated heterocycles. The fraction of sp³-hybridized carbons (Fsp3) is 0.571. The molecule has 3 heteroatoms. The standard InChI is InChI=1S/C14H23ClN2/c1-10(2)8-14(3,4)9-17-13-6-5-11(15)7-12(13)16/h5-7,10,17H,8-9,16H2,1-4H3. The first kappa shape index (κ1) is 14.2. The van der Waals surface area contributed by atoms with Gasteiger partial charge >= 0.3 is 0 Å². The minimum absolute atomic E-state index is 0.264. The molecule has 0 heterocycles. The van der Waals surface area contributed by atoms with Gasteiger partial charge in [0.25, 0.3) is 0 Å². The van der Waals surface area contributed by atoms with Gasteiger partial charge in [0.05, 0.1) is 11.4 Å². The number of halogens is 1. The normalized spacial score (nSPS) is 11.9. The number of rotatable bonds is 5. The number of hydrogen-bond acceptors (Lipinski definition) is 2. The topological polar surface area (TPSA) is 38.0 Å². The van der Waals surface area contributed by atoms with Crippen LogP contribution in [-0.4, -0.2) is 6.54 Å². The van der Waals surface area contributed by atoms with E-state index in [0.29, 0.717) is 16.6 Å². The van der Waals surface area contributed by atoms with Crippen molar-refractivity contribution < 1.29 is 0 Å².